The number of aliphatic hydroxyl groups is 1. The van der Waals surface area contributed by atoms with Gasteiger partial charge in [0.05, 0.1) is 0 Å². The van der Waals surface area contributed by atoms with Gasteiger partial charge < -0.3 is 10.2 Å². The number of hydrogen-bond donors (Lipinski definition) is 2. The topological polar surface area (TPSA) is 57.5 Å². The van der Waals surface area contributed by atoms with Crippen molar-refractivity contribution in [2.24, 2.45) is 11.8 Å². The molecule has 3 unspecified atom stereocenters. The Bertz CT molecular complexity index is 211. The molecule has 1 aliphatic carbocycles. The Morgan fingerprint density at radius 3 is 2.64 bits per heavy atom. The number of carbonyl (C=O) groups is 1. The second kappa shape index (κ2) is 4.30. The van der Waals surface area contributed by atoms with Gasteiger partial charge in [0.15, 0.2) is 5.60 Å². The standard InChI is InChI=1S/C11H20O3/c1-3-8-5-4-6-9(7-8)11(2,14)10(12)13/h8-9,14H,3-7H2,1-2H3,(H,12,13). The minimum absolute atomic E-state index is 0.0706. The summed E-state index contributed by atoms with van der Waals surface area (Å²) in [5.41, 5.74) is -1.53. The van der Waals surface area contributed by atoms with Gasteiger partial charge in [-0.05, 0) is 31.6 Å². The van der Waals surface area contributed by atoms with Crippen LogP contribution in [0.1, 0.15) is 46.0 Å². The number of rotatable bonds is 3. The monoisotopic (exact) mass is 200 g/mol. The van der Waals surface area contributed by atoms with Gasteiger partial charge in [0.1, 0.15) is 0 Å². The smallest absolute Gasteiger partial charge is 0.335 e. The third kappa shape index (κ3) is 2.27. The predicted octanol–water partition coefficient (Wildman–Crippen LogP) is 2.04. The molecule has 0 bridgehead atoms. The van der Waals surface area contributed by atoms with Gasteiger partial charge in [-0.1, -0.05) is 26.2 Å². The van der Waals surface area contributed by atoms with Gasteiger partial charge in [-0.2, -0.15) is 0 Å². The van der Waals surface area contributed by atoms with Crippen molar-refractivity contribution in [1.82, 2.24) is 0 Å². The van der Waals surface area contributed by atoms with Crippen LogP contribution in [0.4, 0.5) is 0 Å². The normalized spacial score (nSPS) is 32.2. The molecule has 3 heteroatoms. The molecule has 0 spiro atoms. The Morgan fingerprint density at radius 1 is 1.50 bits per heavy atom. The van der Waals surface area contributed by atoms with Gasteiger partial charge in [-0.25, -0.2) is 4.79 Å². The van der Waals surface area contributed by atoms with Crippen LogP contribution in [-0.4, -0.2) is 21.8 Å². The predicted molar refractivity (Wildman–Crippen MR) is 54.0 cm³/mol. The van der Waals surface area contributed by atoms with Crippen LogP contribution in [0.5, 0.6) is 0 Å². The van der Waals surface area contributed by atoms with Crippen molar-refractivity contribution in [2.75, 3.05) is 0 Å². The van der Waals surface area contributed by atoms with Gasteiger partial charge in [0.25, 0.3) is 0 Å². The first-order chi connectivity index (χ1) is 6.48. The molecule has 2 N–H and O–H groups in total. The lowest BCUT2D eigenvalue weighted by molar-refractivity contribution is -0.164. The molecule has 1 rings (SSSR count). The van der Waals surface area contributed by atoms with Crippen molar-refractivity contribution in [2.45, 2.75) is 51.6 Å². The molecule has 0 aliphatic heterocycles. The summed E-state index contributed by atoms with van der Waals surface area (Å²) in [6.07, 6.45) is 5.02. The minimum Gasteiger partial charge on any atom is -0.479 e. The van der Waals surface area contributed by atoms with E-state index in [4.69, 9.17) is 5.11 Å². The van der Waals surface area contributed by atoms with E-state index in [-0.39, 0.29) is 5.92 Å². The van der Waals surface area contributed by atoms with E-state index in [1.807, 2.05) is 0 Å². The van der Waals surface area contributed by atoms with Crippen molar-refractivity contribution in [3.05, 3.63) is 0 Å². The van der Waals surface area contributed by atoms with Crippen molar-refractivity contribution < 1.29 is 15.0 Å². The molecule has 0 saturated heterocycles. The fourth-order valence-electron chi connectivity index (χ4n) is 2.35. The van der Waals surface area contributed by atoms with E-state index in [0.717, 1.165) is 25.7 Å². The van der Waals surface area contributed by atoms with Crippen molar-refractivity contribution in [3.8, 4) is 0 Å². The zero-order valence-corrected chi connectivity index (χ0v) is 8.99. The first-order valence-corrected chi connectivity index (χ1v) is 5.44. The molecule has 0 aromatic carbocycles. The number of hydrogen-bond acceptors (Lipinski definition) is 2. The quantitative estimate of drug-likeness (QED) is 0.733. The molecule has 3 nitrogen and oxygen atoms in total. The maximum Gasteiger partial charge on any atom is 0.335 e. The summed E-state index contributed by atoms with van der Waals surface area (Å²) in [6, 6.07) is 0. The molecule has 0 heterocycles. The lowest BCUT2D eigenvalue weighted by Crippen LogP contribution is -2.44. The van der Waals surface area contributed by atoms with Crippen molar-refractivity contribution >= 4 is 5.97 Å². The molecular weight excluding hydrogens is 180 g/mol. The van der Waals surface area contributed by atoms with Crippen molar-refractivity contribution in [3.63, 3.8) is 0 Å². The lowest BCUT2D eigenvalue weighted by Gasteiger charge is -2.35. The summed E-state index contributed by atoms with van der Waals surface area (Å²) in [5.74, 6) is -0.558. The number of aliphatic carboxylic acids is 1. The molecule has 0 aromatic rings. The molecular formula is C11H20O3. The van der Waals surface area contributed by atoms with Crippen LogP contribution in [0.15, 0.2) is 0 Å². The summed E-state index contributed by atoms with van der Waals surface area (Å²) in [4.78, 5) is 10.9. The van der Waals surface area contributed by atoms with E-state index in [2.05, 4.69) is 6.92 Å². The van der Waals surface area contributed by atoms with E-state index in [1.165, 1.54) is 13.3 Å². The van der Waals surface area contributed by atoms with Crippen LogP contribution in [0.25, 0.3) is 0 Å². The second-order valence-electron chi connectivity index (χ2n) is 4.59. The van der Waals surface area contributed by atoms with Crippen LogP contribution in [0.2, 0.25) is 0 Å². The summed E-state index contributed by atoms with van der Waals surface area (Å²) < 4.78 is 0. The Kier molecular flexibility index (Phi) is 3.53. The van der Waals surface area contributed by atoms with Gasteiger partial charge in [-0.3, -0.25) is 0 Å². The summed E-state index contributed by atoms with van der Waals surface area (Å²) in [6.45, 7) is 3.56. The van der Waals surface area contributed by atoms with Crippen LogP contribution >= 0.6 is 0 Å². The first-order valence-electron chi connectivity index (χ1n) is 5.44. The van der Waals surface area contributed by atoms with Gasteiger partial charge in [-0.15, -0.1) is 0 Å². The molecule has 1 saturated carbocycles. The third-order valence-corrected chi connectivity index (χ3v) is 3.59. The largest absolute Gasteiger partial charge is 0.479 e. The van der Waals surface area contributed by atoms with Crippen LogP contribution in [0, 0.1) is 11.8 Å². The molecule has 1 aliphatic rings. The van der Waals surface area contributed by atoms with Crippen LogP contribution in [-0.2, 0) is 4.79 Å². The molecule has 0 amide bonds. The molecule has 82 valence electrons. The van der Waals surface area contributed by atoms with E-state index in [1.54, 1.807) is 0 Å². The Balaban J connectivity index is 2.63. The molecule has 0 aromatic heterocycles. The SMILES string of the molecule is CCC1CCCC(C(C)(O)C(=O)O)C1. The fraction of sp³-hybridized carbons (Fsp3) is 0.909. The summed E-state index contributed by atoms with van der Waals surface area (Å²) in [7, 11) is 0. The average molecular weight is 200 g/mol. The van der Waals surface area contributed by atoms with Crippen LogP contribution < -0.4 is 0 Å². The van der Waals surface area contributed by atoms with E-state index < -0.39 is 11.6 Å². The fourth-order valence-corrected chi connectivity index (χ4v) is 2.35. The minimum atomic E-state index is -1.53. The molecule has 3 atom stereocenters. The third-order valence-electron chi connectivity index (χ3n) is 3.59. The number of carboxylic acid groups (broad SMARTS) is 1. The number of carboxylic acids is 1. The highest BCUT2D eigenvalue weighted by Gasteiger charge is 2.41. The summed E-state index contributed by atoms with van der Waals surface area (Å²) >= 11 is 0. The van der Waals surface area contributed by atoms with Crippen molar-refractivity contribution in [1.29, 1.82) is 0 Å². The van der Waals surface area contributed by atoms with Gasteiger partial charge >= 0.3 is 5.97 Å². The second-order valence-corrected chi connectivity index (χ2v) is 4.59. The first kappa shape index (κ1) is 11.5. The summed E-state index contributed by atoms with van der Waals surface area (Å²) in [5, 5.41) is 18.7. The molecule has 1 fully saturated rings. The molecule has 0 radical (unpaired) electrons. The maximum absolute atomic E-state index is 10.9. The van der Waals surface area contributed by atoms with Gasteiger partial charge in [0, 0.05) is 0 Å². The van der Waals surface area contributed by atoms with E-state index in [0.29, 0.717) is 5.92 Å². The zero-order chi connectivity index (χ0) is 10.8. The molecule has 14 heavy (non-hydrogen) atoms. The maximum atomic E-state index is 10.9. The lowest BCUT2D eigenvalue weighted by atomic mass is 9.73. The Morgan fingerprint density at radius 2 is 2.14 bits per heavy atom. The highest BCUT2D eigenvalue weighted by Crippen LogP contribution is 2.37. The Labute approximate surface area is 85.1 Å². The van der Waals surface area contributed by atoms with Crippen LogP contribution in [0.3, 0.4) is 0 Å². The van der Waals surface area contributed by atoms with E-state index >= 15 is 0 Å². The average Bonchev–Trinajstić information content (AvgIpc) is 2.17. The zero-order valence-electron chi connectivity index (χ0n) is 8.99. The highest BCUT2D eigenvalue weighted by atomic mass is 16.4. The highest BCUT2D eigenvalue weighted by molar-refractivity contribution is 5.76. The Hall–Kier alpha value is -0.570. The van der Waals surface area contributed by atoms with E-state index in [9.17, 15) is 9.90 Å². The van der Waals surface area contributed by atoms with Gasteiger partial charge in [0.2, 0.25) is 0 Å².